The van der Waals surface area contributed by atoms with E-state index in [4.69, 9.17) is 9.47 Å². The standard InChI is InChI=1S/C28H36O5/c1-8-9-15-28(7,21(5)32-26(30)23-13-11-10-12-14-23)22(6)33-27(31)25(29)24-19(3)16-18(2)17-20(24)4/h10-14,16-17,21-22H,8-9,15H2,1-7H3. The van der Waals surface area contributed by atoms with Crippen molar-refractivity contribution in [1.29, 1.82) is 0 Å². The van der Waals surface area contributed by atoms with Crippen LogP contribution in [0.2, 0.25) is 0 Å². The molecule has 0 aliphatic carbocycles. The normalized spacial score (nSPS) is 14.6. The predicted octanol–water partition coefficient (Wildman–Crippen LogP) is 6.17. The second kappa shape index (κ2) is 11.3. The molecule has 2 rings (SSSR count). The fourth-order valence-electron chi connectivity index (χ4n) is 4.22. The minimum atomic E-state index is -0.887. The Kier molecular flexibility index (Phi) is 8.98. The molecule has 2 aromatic carbocycles. The molecule has 0 aliphatic heterocycles. The molecule has 0 fully saturated rings. The van der Waals surface area contributed by atoms with E-state index < -0.39 is 35.3 Å². The summed E-state index contributed by atoms with van der Waals surface area (Å²) < 4.78 is 11.5. The highest BCUT2D eigenvalue weighted by atomic mass is 16.6. The molecule has 5 nitrogen and oxygen atoms in total. The number of unbranched alkanes of at least 4 members (excludes halogenated alkanes) is 1. The lowest BCUT2D eigenvalue weighted by Crippen LogP contribution is -2.45. The second-order valence-electron chi connectivity index (χ2n) is 9.17. The summed E-state index contributed by atoms with van der Waals surface area (Å²) in [6.45, 7) is 13.2. The number of Topliss-reactive ketones (excluding diaryl/α,β-unsaturated/α-hetero) is 1. The van der Waals surface area contributed by atoms with E-state index in [2.05, 4.69) is 6.92 Å². The van der Waals surface area contributed by atoms with Crippen LogP contribution in [0.4, 0.5) is 0 Å². The maximum absolute atomic E-state index is 12.9. The monoisotopic (exact) mass is 452 g/mol. The zero-order valence-corrected chi connectivity index (χ0v) is 20.9. The van der Waals surface area contributed by atoms with Gasteiger partial charge in [-0.1, -0.05) is 62.6 Å². The third kappa shape index (κ3) is 6.31. The number of rotatable bonds is 10. The molecule has 0 aromatic heterocycles. The molecule has 0 saturated heterocycles. The summed E-state index contributed by atoms with van der Waals surface area (Å²) in [5.41, 5.74) is 2.73. The first-order valence-electron chi connectivity index (χ1n) is 11.6. The van der Waals surface area contributed by atoms with Gasteiger partial charge in [-0.25, -0.2) is 9.59 Å². The Balaban J connectivity index is 2.21. The Morgan fingerprint density at radius 3 is 2.00 bits per heavy atom. The molecule has 0 amide bonds. The van der Waals surface area contributed by atoms with Crippen LogP contribution in [0, 0.1) is 26.2 Å². The molecular formula is C28H36O5. The van der Waals surface area contributed by atoms with Gasteiger partial charge in [0.15, 0.2) is 0 Å². The summed E-state index contributed by atoms with van der Waals surface area (Å²) in [5.74, 6) is -1.96. The van der Waals surface area contributed by atoms with Crippen molar-refractivity contribution < 1.29 is 23.9 Å². The molecule has 0 heterocycles. The molecule has 178 valence electrons. The van der Waals surface area contributed by atoms with Crippen molar-refractivity contribution in [3.63, 3.8) is 0 Å². The molecule has 33 heavy (non-hydrogen) atoms. The third-order valence-corrected chi connectivity index (χ3v) is 6.59. The number of benzene rings is 2. The van der Waals surface area contributed by atoms with Gasteiger partial charge in [0.1, 0.15) is 12.2 Å². The molecule has 0 radical (unpaired) electrons. The molecule has 0 N–H and O–H groups in total. The number of hydrogen-bond acceptors (Lipinski definition) is 5. The second-order valence-corrected chi connectivity index (χ2v) is 9.17. The summed E-state index contributed by atoms with van der Waals surface area (Å²) in [6, 6.07) is 12.6. The zero-order valence-electron chi connectivity index (χ0n) is 20.9. The van der Waals surface area contributed by atoms with Crippen molar-refractivity contribution in [2.24, 2.45) is 5.41 Å². The molecule has 0 saturated carbocycles. The minimum Gasteiger partial charge on any atom is -0.458 e. The van der Waals surface area contributed by atoms with Gasteiger partial charge in [-0.15, -0.1) is 0 Å². The van der Waals surface area contributed by atoms with Gasteiger partial charge in [-0.05, 0) is 64.3 Å². The van der Waals surface area contributed by atoms with E-state index in [0.717, 1.165) is 29.5 Å². The Bertz CT molecular complexity index is 972. The number of ketones is 1. The molecule has 5 heteroatoms. The van der Waals surface area contributed by atoms with Gasteiger partial charge in [0.05, 0.1) is 5.56 Å². The van der Waals surface area contributed by atoms with Crippen molar-refractivity contribution in [3.8, 4) is 0 Å². The number of esters is 2. The quantitative estimate of drug-likeness (QED) is 0.245. The number of ether oxygens (including phenoxy) is 2. The molecule has 2 aromatic rings. The summed E-state index contributed by atoms with van der Waals surface area (Å²) in [5, 5.41) is 0. The van der Waals surface area contributed by atoms with E-state index in [9.17, 15) is 14.4 Å². The van der Waals surface area contributed by atoms with E-state index >= 15 is 0 Å². The maximum atomic E-state index is 12.9. The smallest absolute Gasteiger partial charge is 0.379 e. The number of carbonyl (C=O) groups is 3. The molecule has 3 atom stereocenters. The zero-order chi connectivity index (χ0) is 24.8. The summed E-state index contributed by atoms with van der Waals surface area (Å²) >= 11 is 0. The van der Waals surface area contributed by atoms with Crippen LogP contribution in [0.3, 0.4) is 0 Å². The highest BCUT2D eigenvalue weighted by molar-refractivity contribution is 6.41. The first-order chi connectivity index (χ1) is 15.5. The van der Waals surface area contributed by atoms with Gasteiger partial charge in [0.2, 0.25) is 0 Å². The largest absolute Gasteiger partial charge is 0.458 e. The summed E-state index contributed by atoms with van der Waals surface area (Å²) in [6.07, 6.45) is 1.33. The summed E-state index contributed by atoms with van der Waals surface area (Å²) in [4.78, 5) is 38.4. The third-order valence-electron chi connectivity index (χ3n) is 6.59. The SMILES string of the molecule is CCCCC(C)(C(C)OC(=O)C(=O)c1c(C)cc(C)cc1C)C(C)OC(=O)c1ccccc1. The van der Waals surface area contributed by atoms with Gasteiger partial charge >= 0.3 is 11.9 Å². The van der Waals surface area contributed by atoms with Crippen LogP contribution in [0.25, 0.3) is 0 Å². The first-order valence-corrected chi connectivity index (χ1v) is 11.6. The van der Waals surface area contributed by atoms with Gasteiger partial charge in [-0.2, -0.15) is 0 Å². The van der Waals surface area contributed by atoms with Crippen LogP contribution in [0.1, 0.15) is 84.4 Å². The van der Waals surface area contributed by atoms with Gasteiger partial charge < -0.3 is 9.47 Å². The van der Waals surface area contributed by atoms with E-state index in [0.29, 0.717) is 17.5 Å². The van der Waals surface area contributed by atoms with Crippen LogP contribution < -0.4 is 0 Å². The van der Waals surface area contributed by atoms with Crippen molar-refractivity contribution >= 4 is 17.7 Å². The number of aryl methyl sites for hydroxylation is 3. The van der Waals surface area contributed by atoms with Crippen molar-refractivity contribution in [3.05, 3.63) is 70.3 Å². The predicted molar refractivity (Wildman–Crippen MR) is 129 cm³/mol. The van der Waals surface area contributed by atoms with E-state index in [-0.39, 0.29) is 0 Å². The molecule has 3 unspecified atom stereocenters. The average Bonchev–Trinajstić information content (AvgIpc) is 2.76. The Morgan fingerprint density at radius 2 is 1.45 bits per heavy atom. The molecule has 0 aliphatic rings. The Morgan fingerprint density at radius 1 is 0.909 bits per heavy atom. The van der Waals surface area contributed by atoms with Crippen molar-refractivity contribution in [2.75, 3.05) is 0 Å². The van der Waals surface area contributed by atoms with Crippen LogP contribution in [0.15, 0.2) is 42.5 Å². The van der Waals surface area contributed by atoms with E-state index in [1.807, 2.05) is 52.8 Å². The molecular weight excluding hydrogens is 416 g/mol. The lowest BCUT2D eigenvalue weighted by molar-refractivity contribution is -0.154. The highest BCUT2D eigenvalue weighted by Gasteiger charge is 2.42. The minimum absolute atomic E-state index is 0.386. The Labute approximate surface area is 197 Å². The topological polar surface area (TPSA) is 69.7 Å². The van der Waals surface area contributed by atoms with Crippen LogP contribution in [-0.4, -0.2) is 29.9 Å². The summed E-state index contributed by atoms with van der Waals surface area (Å²) in [7, 11) is 0. The maximum Gasteiger partial charge on any atom is 0.379 e. The molecule has 0 bridgehead atoms. The van der Waals surface area contributed by atoms with Crippen LogP contribution in [0.5, 0.6) is 0 Å². The number of carbonyl (C=O) groups excluding carboxylic acids is 3. The van der Waals surface area contributed by atoms with Gasteiger partial charge in [0, 0.05) is 11.0 Å². The fourth-order valence-corrected chi connectivity index (χ4v) is 4.22. The fraction of sp³-hybridized carbons (Fsp3) is 0.464. The lowest BCUT2D eigenvalue weighted by atomic mass is 9.75. The van der Waals surface area contributed by atoms with Crippen molar-refractivity contribution in [2.45, 2.75) is 79.9 Å². The van der Waals surface area contributed by atoms with Gasteiger partial charge in [-0.3, -0.25) is 4.79 Å². The lowest BCUT2D eigenvalue weighted by Gasteiger charge is -2.39. The van der Waals surface area contributed by atoms with Crippen LogP contribution >= 0.6 is 0 Å². The Hall–Kier alpha value is -2.95. The average molecular weight is 453 g/mol. The van der Waals surface area contributed by atoms with E-state index in [1.165, 1.54) is 0 Å². The molecule has 0 spiro atoms. The van der Waals surface area contributed by atoms with Gasteiger partial charge in [0.25, 0.3) is 5.78 Å². The highest BCUT2D eigenvalue weighted by Crippen LogP contribution is 2.37. The number of hydrogen-bond donors (Lipinski definition) is 0. The van der Waals surface area contributed by atoms with Crippen molar-refractivity contribution in [1.82, 2.24) is 0 Å². The van der Waals surface area contributed by atoms with Crippen LogP contribution in [-0.2, 0) is 14.3 Å². The first kappa shape index (κ1) is 26.3. The van der Waals surface area contributed by atoms with E-state index in [1.54, 1.807) is 31.2 Å².